The van der Waals surface area contributed by atoms with Crippen LogP contribution in [0.25, 0.3) is 0 Å². The molecule has 0 unspecified atom stereocenters. The minimum absolute atomic E-state index is 0.00171. The summed E-state index contributed by atoms with van der Waals surface area (Å²) < 4.78 is 0. The highest BCUT2D eigenvalue weighted by Gasteiger charge is 2.50. The highest BCUT2D eigenvalue weighted by molar-refractivity contribution is 9.09. The van der Waals surface area contributed by atoms with Gasteiger partial charge in [0.2, 0.25) is 0 Å². The largest absolute Gasteiger partial charge is 0.325 e. The van der Waals surface area contributed by atoms with E-state index in [1.54, 1.807) is 0 Å². The van der Waals surface area contributed by atoms with Crippen molar-refractivity contribution in [2.45, 2.75) is 44.1 Å². The second kappa shape index (κ2) is 4.73. The van der Waals surface area contributed by atoms with E-state index in [0.717, 1.165) is 37.4 Å². The van der Waals surface area contributed by atoms with E-state index in [4.69, 9.17) is 0 Å². The van der Waals surface area contributed by atoms with Crippen molar-refractivity contribution in [3.63, 3.8) is 0 Å². The summed E-state index contributed by atoms with van der Waals surface area (Å²) in [6.45, 7) is 0.525. The molecule has 3 amide bonds. The number of hydrogen-bond acceptors (Lipinski definition) is 2. The van der Waals surface area contributed by atoms with Crippen molar-refractivity contribution < 1.29 is 9.59 Å². The van der Waals surface area contributed by atoms with Crippen molar-refractivity contribution in [1.29, 1.82) is 0 Å². The zero-order chi connectivity index (χ0) is 11.6. The molecule has 1 saturated carbocycles. The normalized spacial score (nSPS) is 23.9. The lowest BCUT2D eigenvalue weighted by Gasteiger charge is -2.30. The molecule has 90 valence electrons. The van der Waals surface area contributed by atoms with E-state index in [2.05, 4.69) is 21.2 Å². The average Bonchev–Trinajstić information content (AvgIpc) is 2.50. The maximum Gasteiger partial charge on any atom is 0.325 e. The highest BCUT2D eigenvalue weighted by Crippen LogP contribution is 2.33. The van der Waals surface area contributed by atoms with Gasteiger partial charge in [0, 0.05) is 11.9 Å². The van der Waals surface area contributed by atoms with Crippen molar-refractivity contribution in [2.24, 2.45) is 0 Å². The predicted octanol–water partition coefficient (Wildman–Crippen LogP) is 2.03. The number of halogens is 1. The molecule has 0 bridgehead atoms. The molecule has 0 radical (unpaired) electrons. The van der Waals surface area contributed by atoms with Gasteiger partial charge in [-0.1, -0.05) is 35.2 Å². The van der Waals surface area contributed by atoms with Crippen molar-refractivity contribution in [1.82, 2.24) is 10.2 Å². The number of imide groups is 1. The number of hydrogen-bond donors (Lipinski definition) is 1. The molecule has 2 rings (SSSR count). The summed E-state index contributed by atoms with van der Waals surface area (Å²) >= 11 is 3.31. The molecule has 1 saturated heterocycles. The summed E-state index contributed by atoms with van der Waals surface area (Å²) in [6, 6.07) is -0.201. The molecule has 1 aliphatic carbocycles. The first-order valence-corrected chi connectivity index (χ1v) is 7.02. The van der Waals surface area contributed by atoms with Crippen LogP contribution in [0.2, 0.25) is 0 Å². The van der Waals surface area contributed by atoms with Crippen LogP contribution < -0.4 is 5.32 Å². The van der Waals surface area contributed by atoms with Crippen LogP contribution in [0.4, 0.5) is 4.79 Å². The van der Waals surface area contributed by atoms with Crippen LogP contribution >= 0.6 is 15.9 Å². The molecule has 0 atom stereocenters. The Balaban J connectivity index is 2.08. The van der Waals surface area contributed by atoms with Gasteiger partial charge in [0.25, 0.3) is 5.91 Å². The lowest BCUT2D eigenvalue weighted by molar-refractivity contribution is -0.132. The molecule has 5 heteroatoms. The minimum atomic E-state index is -0.554. The molecule has 1 aliphatic heterocycles. The number of nitrogens with zero attached hydrogens (tertiary/aromatic N) is 1. The average molecular weight is 289 g/mol. The Labute approximate surface area is 104 Å². The van der Waals surface area contributed by atoms with Crippen molar-refractivity contribution in [3.05, 3.63) is 0 Å². The van der Waals surface area contributed by atoms with E-state index in [1.165, 1.54) is 11.3 Å². The summed E-state index contributed by atoms with van der Waals surface area (Å²) in [5.74, 6) is -0.00171. The van der Waals surface area contributed by atoms with Crippen LogP contribution in [0.15, 0.2) is 0 Å². The van der Waals surface area contributed by atoms with E-state index >= 15 is 0 Å². The van der Waals surface area contributed by atoms with Crippen LogP contribution in [-0.4, -0.2) is 34.3 Å². The Morgan fingerprint density at radius 2 is 1.94 bits per heavy atom. The Morgan fingerprint density at radius 1 is 1.25 bits per heavy atom. The van der Waals surface area contributed by atoms with Gasteiger partial charge in [-0.25, -0.2) is 4.79 Å². The third kappa shape index (κ3) is 1.97. The fourth-order valence-electron chi connectivity index (χ4n) is 2.59. The monoisotopic (exact) mass is 288 g/mol. The number of rotatable bonds is 3. The maximum atomic E-state index is 12.2. The fourth-order valence-corrected chi connectivity index (χ4v) is 2.84. The Morgan fingerprint density at radius 3 is 2.56 bits per heavy atom. The molecule has 4 nitrogen and oxygen atoms in total. The number of nitrogens with one attached hydrogen (secondary N) is 1. The smallest absolute Gasteiger partial charge is 0.323 e. The topological polar surface area (TPSA) is 49.4 Å². The first-order valence-electron chi connectivity index (χ1n) is 5.90. The standard InChI is InChI=1S/C11H17BrN2O2/c12-7-4-8-14-9(15)11(13-10(14)16)5-2-1-3-6-11/h1-8H2,(H,13,16). The molecule has 1 heterocycles. The van der Waals surface area contributed by atoms with Gasteiger partial charge in [-0.05, 0) is 19.3 Å². The summed E-state index contributed by atoms with van der Waals surface area (Å²) in [4.78, 5) is 25.4. The molecule has 1 spiro atoms. The molecule has 0 aromatic carbocycles. The van der Waals surface area contributed by atoms with Gasteiger partial charge in [0.15, 0.2) is 0 Å². The van der Waals surface area contributed by atoms with E-state index in [0.29, 0.717) is 6.54 Å². The quantitative estimate of drug-likeness (QED) is 0.638. The molecular weight excluding hydrogens is 272 g/mol. The lowest BCUT2D eigenvalue weighted by atomic mass is 9.82. The van der Waals surface area contributed by atoms with Crippen LogP contribution in [0.5, 0.6) is 0 Å². The molecule has 0 aromatic heterocycles. The summed E-state index contributed by atoms with van der Waals surface area (Å²) in [7, 11) is 0. The summed E-state index contributed by atoms with van der Waals surface area (Å²) in [5, 5.41) is 3.72. The van der Waals surface area contributed by atoms with Gasteiger partial charge in [-0.3, -0.25) is 9.69 Å². The third-order valence-corrected chi connectivity index (χ3v) is 4.03. The van der Waals surface area contributed by atoms with Crippen LogP contribution in [0.3, 0.4) is 0 Å². The van der Waals surface area contributed by atoms with E-state index in [-0.39, 0.29) is 11.9 Å². The molecular formula is C11H17BrN2O2. The van der Waals surface area contributed by atoms with Crippen molar-refractivity contribution in [3.8, 4) is 0 Å². The van der Waals surface area contributed by atoms with Gasteiger partial charge >= 0.3 is 6.03 Å². The maximum absolute atomic E-state index is 12.2. The van der Waals surface area contributed by atoms with Gasteiger partial charge in [0.1, 0.15) is 5.54 Å². The molecule has 16 heavy (non-hydrogen) atoms. The molecule has 2 aliphatic rings. The predicted molar refractivity (Wildman–Crippen MR) is 64.5 cm³/mol. The SMILES string of the molecule is O=C1NC2(CCCCC2)C(=O)N1CCCBr. The van der Waals surface area contributed by atoms with Gasteiger partial charge < -0.3 is 5.32 Å². The summed E-state index contributed by atoms with van der Waals surface area (Å²) in [5.41, 5.74) is -0.554. The van der Waals surface area contributed by atoms with Crippen LogP contribution in [0.1, 0.15) is 38.5 Å². The number of urea groups is 1. The van der Waals surface area contributed by atoms with Crippen LogP contribution in [0, 0.1) is 0 Å². The Kier molecular flexibility index (Phi) is 3.52. The first-order chi connectivity index (χ1) is 7.69. The Bertz CT molecular complexity index is 300. The number of alkyl halides is 1. The van der Waals surface area contributed by atoms with Crippen molar-refractivity contribution >= 4 is 27.9 Å². The zero-order valence-electron chi connectivity index (χ0n) is 9.30. The molecule has 1 N–H and O–H groups in total. The van der Waals surface area contributed by atoms with E-state index < -0.39 is 5.54 Å². The Hall–Kier alpha value is -0.580. The zero-order valence-corrected chi connectivity index (χ0v) is 10.9. The number of amides is 3. The third-order valence-electron chi connectivity index (χ3n) is 3.47. The molecule has 0 aromatic rings. The number of carbonyl (C=O) groups excluding carboxylic acids is 2. The van der Waals surface area contributed by atoms with Gasteiger partial charge in [-0.2, -0.15) is 0 Å². The van der Waals surface area contributed by atoms with Gasteiger partial charge in [-0.15, -0.1) is 0 Å². The van der Waals surface area contributed by atoms with E-state index in [1.807, 2.05) is 0 Å². The minimum Gasteiger partial charge on any atom is -0.323 e. The van der Waals surface area contributed by atoms with E-state index in [9.17, 15) is 9.59 Å². The lowest BCUT2D eigenvalue weighted by Crippen LogP contribution is -2.48. The van der Waals surface area contributed by atoms with Crippen LogP contribution in [-0.2, 0) is 4.79 Å². The second-order valence-electron chi connectivity index (χ2n) is 4.57. The van der Waals surface area contributed by atoms with Gasteiger partial charge in [0.05, 0.1) is 0 Å². The second-order valence-corrected chi connectivity index (χ2v) is 5.37. The number of carbonyl (C=O) groups is 2. The summed E-state index contributed by atoms with van der Waals surface area (Å²) in [6.07, 6.45) is 5.68. The fraction of sp³-hybridized carbons (Fsp3) is 0.818. The molecule has 2 fully saturated rings. The van der Waals surface area contributed by atoms with Crippen molar-refractivity contribution in [2.75, 3.05) is 11.9 Å². The first kappa shape index (κ1) is 11.9. The highest BCUT2D eigenvalue weighted by atomic mass is 79.9.